The van der Waals surface area contributed by atoms with Crippen molar-refractivity contribution < 1.29 is 18.4 Å². The van der Waals surface area contributed by atoms with Gasteiger partial charge in [-0.2, -0.15) is 4.98 Å². The lowest BCUT2D eigenvalue weighted by molar-refractivity contribution is -0.122. The van der Waals surface area contributed by atoms with Crippen LogP contribution in [0.1, 0.15) is 18.4 Å². The van der Waals surface area contributed by atoms with Crippen LogP contribution in [0.25, 0.3) is 32.4 Å². The number of nitrogens with zero attached hydrogens (tertiary/aromatic N) is 4. The van der Waals surface area contributed by atoms with Gasteiger partial charge in [-0.15, -0.1) is 11.3 Å². The SMILES string of the molecule is Cc1c(-c2nc(-c3ccc(F)cc3)no2)sc2ncn(CC(=O)NC[C@@H]3CCCO3)c(=O)c12. The van der Waals surface area contributed by atoms with Gasteiger partial charge in [0, 0.05) is 18.7 Å². The van der Waals surface area contributed by atoms with Crippen molar-refractivity contribution in [2.24, 2.45) is 0 Å². The maximum Gasteiger partial charge on any atom is 0.268 e. The fourth-order valence-electron chi connectivity index (χ4n) is 3.75. The Morgan fingerprint density at radius 3 is 2.91 bits per heavy atom. The van der Waals surface area contributed by atoms with E-state index in [0.717, 1.165) is 12.8 Å². The summed E-state index contributed by atoms with van der Waals surface area (Å²) >= 11 is 1.26. The van der Waals surface area contributed by atoms with Gasteiger partial charge in [-0.3, -0.25) is 14.2 Å². The molecule has 1 aromatic carbocycles. The lowest BCUT2D eigenvalue weighted by atomic mass is 10.2. The third-order valence-corrected chi connectivity index (χ3v) is 6.69. The zero-order valence-electron chi connectivity index (χ0n) is 17.7. The number of hydrogen-bond donors (Lipinski definition) is 1. The molecule has 1 saturated heterocycles. The highest BCUT2D eigenvalue weighted by Gasteiger charge is 2.21. The minimum Gasteiger partial charge on any atom is -0.376 e. The summed E-state index contributed by atoms with van der Waals surface area (Å²) < 4.78 is 25.4. The number of rotatable bonds is 6. The molecule has 0 bridgehead atoms. The number of amides is 1. The highest BCUT2D eigenvalue weighted by atomic mass is 32.1. The topological polar surface area (TPSA) is 112 Å². The van der Waals surface area contributed by atoms with Gasteiger partial charge < -0.3 is 14.6 Å². The summed E-state index contributed by atoms with van der Waals surface area (Å²) in [7, 11) is 0. The Hall–Kier alpha value is -3.44. The molecule has 1 atom stereocenters. The van der Waals surface area contributed by atoms with Gasteiger partial charge in [0.25, 0.3) is 11.4 Å². The molecule has 0 unspecified atom stereocenters. The largest absolute Gasteiger partial charge is 0.376 e. The van der Waals surface area contributed by atoms with Crippen molar-refractivity contribution >= 4 is 27.5 Å². The fraction of sp³-hybridized carbons (Fsp3) is 0.318. The number of hydrogen-bond acceptors (Lipinski definition) is 8. The average molecular weight is 469 g/mol. The van der Waals surface area contributed by atoms with Crippen LogP contribution in [0.4, 0.5) is 4.39 Å². The Balaban J connectivity index is 1.39. The highest BCUT2D eigenvalue weighted by molar-refractivity contribution is 7.22. The van der Waals surface area contributed by atoms with Crippen molar-refractivity contribution in [2.45, 2.75) is 32.4 Å². The minimum atomic E-state index is -0.356. The first-order valence-electron chi connectivity index (χ1n) is 10.5. The number of aryl methyl sites for hydroxylation is 1. The zero-order chi connectivity index (χ0) is 22.9. The summed E-state index contributed by atoms with van der Waals surface area (Å²) in [6, 6.07) is 5.76. The van der Waals surface area contributed by atoms with Gasteiger partial charge in [-0.05, 0) is 49.6 Å². The second kappa shape index (κ2) is 8.83. The average Bonchev–Trinajstić information content (AvgIpc) is 3.55. The quantitative estimate of drug-likeness (QED) is 0.462. The third kappa shape index (κ3) is 4.29. The second-order valence-electron chi connectivity index (χ2n) is 7.78. The molecule has 0 aliphatic carbocycles. The van der Waals surface area contributed by atoms with E-state index in [-0.39, 0.29) is 35.8 Å². The van der Waals surface area contributed by atoms with E-state index in [1.54, 1.807) is 19.1 Å². The van der Waals surface area contributed by atoms with Crippen LogP contribution in [-0.2, 0) is 16.1 Å². The van der Waals surface area contributed by atoms with Crippen molar-refractivity contribution in [3.8, 4) is 22.2 Å². The van der Waals surface area contributed by atoms with Gasteiger partial charge in [-0.1, -0.05) is 5.16 Å². The number of aromatic nitrogens is 4. The number of benzene rings is 1. The fourth-order valence-corrected chi connectivity index (χ4v) is 4.81. The number of thiophene rings is 1. The Labute approximate surface area is 191 Å². The minimum absolute atomic E-state index is 0.0298. The predicted octanol–water partition coefficient (Wildman–Crippen LogP) is 2.92. The Kier molecular flexibility index (Phi) is 5.73. The third-order valence-electron chi connectivity index (χ3n) is 5.50. The van der Waals surface area contributed by atoms with Gasteiger partial charge >= 0.3 is 0 Å². The van der Waals surface area contributed by atoms with Crippen molar-refractivity contribution in [1.82, 2.24) is 25.0 Å². The molecular weight excluding hydrogens is 449 g/mol. The number of halogens is 1. The maximum atomic E-state index is 13.2. The van der Waals surface area contributed by atoms with E-state index in [1.807, 2.05) is 0 Å². The van der Waals surface area contributed by atoms with E-state index in [9.17, 15) is 14.0 Å². The van der Waals surface area contributed by atoms with Crippen molar-refractivity contribution in [3.63, 3.8) is 0 Å². The Bertz CT molecular complexity index is 1370. The van der Waals surface area contributed by atoms with Crippen molar-refractivity contribution in [1.29, 1.82) is 0 Å². The summed E-state index contributed by atoms with van der Waals surface area (Å²) in [4.78, 5) is 35.3. The number of fused-ring (bicyclic) bond motifs is 1. The molecule has 4 aromatic rings. The number of nitrogens with one attached hydrogen (secondary N) is 1. The van der Waals surface area contributed by atoms with Crippen LogP contribution in [0.3, 0.4) is 0 Å². The molecule has 0 spiro atoms. The van der Waals surface area contributed by atoms with Crippen LogP contribution in [-0.4, -0.2) is 44.9 Å². The Morgan fingerprint density at radius 2 is 2.15 bits per heavy atom. The second-order valence-corrected chi connectivity index (χ2v) is 8.78. The molecular formula is C22H20FN5O4S. The molecule has 1 aliphatic heterocycles. The van der Waals surface area contributed by atoms with Crippen LogP contribution in [0, 0.1) is 12.7 Å². The maximum absolute atomic E-state index is 13.2. The molecule has 0 saturated carbocycles. The van der Waals surface area contributed by atoms with Crippen LogP contribution < -0.4 is 10.9 Å². The number of carbonyl (C=O) groups is 1. The number of carbonyl (C=O) groups excluding carboxylic acids is 1. The lowest BCUT2D eigenvalue weighted by Gasteiger charge is -2.11. The molecule has 1 fully saturated rings. The van der Waals surface area contributed by atoms with Crippen LogP contribution in [0.15, 0.2) is 39.9 Å². The normalized spacial score (nSPS) is 15.9. The first kappa shape index (κ1) is 21.4. The molecule has 33 heavy (non-hydrogen) atoms. The van der Waals surface area contributed by atoms with Crippen LogP contribution >= 0.6 is 11.3 Å². The van der Waals surface area contributed by atoms with Crippen molar-refractivity contribution in [3.05, 3.63) is 52.3 Å². The molecule has 1 amide bonds. The van der Waals surface area contributed by atoms with E-state index in [2.05, 4.69) is 20.4 Å². The monoisotopic (exact) mass is 469 g/mol. The first-order chi connectivity index (χ1) is 16.0. The molecule has 1 N–H and O–H groups in total. The van der Waals surface area contributed by atoms with Crippen LogP contribution in [0.5, 0.6) is 0 Å². The van der Waals surface area contributed by atoms with E-state index in [4.69, 9.17) is 9.26 Å². The summed E-state index contributed by atoms with van der Waals surface area (Å²) in [5.41, 5.74) is 0.945. The molecule has 11 heteroatoms. The lowest BCUT2D eigenvalue weighted by Crippen LogP contribution is -2.36. The molecule has 3 aromatic heterocycles. The van der Waals surface area contributed by atoms with Crippen molar-refractivity contribution in [2.75, 3.05) is 13.2 Å². The summed E-state index contributed by atoms with van der Waals surface area (Å²) in [5.74, 6) is -0.0707. The molecule has 0 radical (unpaired) electrons. The molecule has 4 heterocycles. The predicted molar refractivity (Wildman–Crippen MR) is 119 cm³/mol. The van der Waals surface area contributed by atoms with Gasteiger partial charge in [-0.25, -0.2) is 9.37 Å². The van der Waals surface area contributed by atoms with E-state index in [0.29, 0.717) is 45.2 Å². The molecule has 5 rings (SSSR count). The van der Waals surface area contributed by atoms with Crippen LogP contribution in [0.2, 0.25) is 0 Å². The summed E-state index contributed by atoms with van der Waals surface area (Å²) in [6.07, 6.45) is 3.31. The smallest absolute Gasteiger partial charge is 0.268 e. The Morgan fingerprint density at radius 1 is 1.33 bits per heavy atom. The van der Waals surface area contributed by atoms with Gasteiger partial charge in [0.2, 0.25) is 11.7 Å². The number of ether oxygens (including phenoxy) is 1. The van der Waals surface area contributed by atoms with Gasteiger partial charge in [0.15, 0.2) is 0 Å². The van der Waals surface area contributed by atoms with E-state index >= 15 is 0 Å². The van der Waals surface area contributed by atoms with Gasteiger partial charge in [0.05, 0.1) is 22.7 Å². The first-order valence-corrected chi connectivity index (χ1v) is 11.3. The summed E-state index contributed by atoms with van der Waals surface area (Å²) in [5, 5.41) is 7.19. The molecule has 170 valence electrons. The van der Waals surface area contributed by atoms with E-state index < -0.39 is 0 Å². The molecule has 9 nitrogen and oxygen atoms in total. The van der Waals surface area contributed by atoms with Gasteiger partial charge in [0.1, 0.15) is 17.2 Å². The summed E-state index contributed by atoms with van der Waals surface area (Å²) in [6.45, 7) is 2.79. The zero-order valence-corrected chi connectivity index (χ0v) is 18.5. The van der Waals surface area contributed by atoms with E-state index in [1.165, 1.54) is 34.4 Å². The standard InChI is InChI=1S/C22H20FN5O4S/c1-12-17-21(25-11-28(22(17)30)10-16(29)24-9-15-3-2-8-31-15)33-18(12)20-26-19(27-32-20)13-4-6-14(23)7-5-13/h4-7,11,15H,2-3,8-10H2,1H3,(H,24,29)/t15-/m0/s1. The highest BCUT2D eigenvalue weighted by Crippen LogP contribution is 2.35. The molecule has 1 aliphatic rings.